The summed E-state index contributed by atoms with van der Waals surface area (Å²) in [6.45, 7) is 1.59. The molecule has 0 saturated heterocycles. The van der Waals surface area contributed by atoms with Gasteiger partial charge in [0.2, 0.25) is 10.3 Å². The number of hydrogen-bond donors (Lipinski definition) is 2. The number of carbonyl (C=O) groups excluding carboxylic acids is 1. The molecule has 5 nitrogen and oxygen atoms in total. The minimum Gasteiger partial charge on any atom is -0.374 e. The van der Waals surface area contributed by atoms with Gasteiger partial charge in [0.15, 0.2) is 0 Å². The third-order valence-corrected chi connectivity index (χ3v) is 2.75. The summed E-state index contributed by atoms with van der Waals surface area (Å²) in [5.41, 5.74) is 6.15. The van der Waals surface area contributed by atoms with Gasteiger partial charge in [0.1, 0.15) is 5.82 Å². The Labute approximate surface area is 100 Å². The van der Waals surface area contributed by atoms with E-state index in [1.807, 2.05) is 0 Å². The molecule has 0 aliphatic rings. The van der Waals surface area contributed by atoms with Crippen LogP contribution in [0.2, 0.25) is 0 Å². The van der Waals surface area contributed by atoms with Crippen LogP contribution in [0.3, 0.4) is 0 Å². The number of rotatable bonds is 2. The highest BCUT2D eigenvalue weighted by molar-refractivity contribution is 7.19. The number of nitrogens with two attached hydrogens (primary N) is 1. The molecule has 0 saturated carbocycles. The van der Waals surface area contributed by atoms with Crippen molar-refractivity contribution in [3.05, 3.63) is 35.1 Å². The molecule has 88 valence electrons. The molecule has 1 amide bonds. The van der Waals surface area contributed by atoms with Gasteiger partial charge in [0.05, 0.1) is 0 Å². The molecule has 1 aromatic carbocycles. The summed E-state index contributed by atoms with van der Waals surface area (Å²) in [5, 5.41) is 10.3. The van der Waals surface area contributed by atoms with Crippen molar-refractivity contribution in [3.8, 4) is 0 Å². The lowest BCUT2D eigenvalue weighted by Gasteiger charge is -2.02. The smallest absolute Gasteiger partial charge is 0.257 e. The van der Waals surface area contributed by atoms with Gasteiger partial charge >= 0.3 is 0 Å². The van der Waals surface area contributed by atoms with Crippen molar-refractivity contribution in [2.24, 2.45) is 0 Å². The largest absolute Gasteiger partial charge is 0.374 e. The number of aromatic nitrogens is 2. The zero-order valence-corrected chi connectivity index (χ0v) is 9.71. The molecule has 0 bridgehead atoms. The summed E-state index contributed by atoms with van der Waals surface area (Å²) in [7, 11) is 0. The molecule has 0 fully saturated rings. The summed E-state index contributed by atoms with van der Waals surface area (Å²) in [6.07, 6.45) is 0. The Morgan fingerprint density at radius 1 is 1.47 bits per heavy atom. The van der Waals surface area contributed by atoms with Gasteiger partial charge in [-0.15, -0.1) is 10.2 Å². The Kier molecular flexibility index (Phi) is 3.01. The number of nitrogens with zero attached hydrogens (tertiary/aromatic N) is 2. The van der Waals surface area contributed by atoms with Crippen molar-refractivity contribution in [2.75, 3.05) is 11.1 Å². The van der Waals surface area contributed by atoms with Crippen molar-refractivity contribution < 1.29 is 9.18 Å². The number of aryl methyl sites for hydroxylation is 1. The lowest BCUT2D eigenvalue weighted by Crippen LogP contribution is -2.12. The molecule has 1 aromatic heterocycles. The normalized spacial score (nSPS) is 10.2. The van der Waals surface area contributed by atoms with Crippen LogP contribution in [0.1, 0.15) is 15.9 Å². The number of benzene rings is 1. The number of carbonyl (C=O) groups is 1. The van der Waals surface area contributed by atoms with Crippen LogP contribution in [-0.2, 0) is 0 Å². The van der Waals surface area contributed by atoms with E-state index in [0.29, 0.717) is 16.3 Å². The molecule has 2 aromatic rings. The highest BCUT2D eigenvalue weighted by atomic mass is 32.1. The van der Waals surface area contributed by atoms with Crippen LogP contribution in [0.4, 0.5) is 14.7 Å². The van der Waals surface area contributed by atoms with Crippen molar-refractivity contribution in [1.29, 1.82) is 0 Å². The average molecular weight is 252 g/mol. The second kappa shape index (κ2) is 4.46. The second-order valence-corrected chi connectivity index (χ2v) is 4.37. The number of nitrogens with one attached hydrogen (secondary N) is 1. The maximum Gasteiger partial charge on any atom is 0.257 e. The van der Waals surface area contributed by atoms with Gasteiger partial charge in [-0.3, -0.25) is 10.1 Å². The predicted octanol–water partition coefficient (Wildman–Crippen LogP) is 1.82. The predicted molar refractivity (Wildman–Crippen MR) is 63.4 cm³/mol. The highest BCUT2D eigenvalue weighted by Crippen LogP contribution is 2.18. The number of nitrogen functional groups attached to an aromatic ring is 1. The molecule has 0 radical (unpaired) electrons. The minimum atomic E-state index is -0.371. The maximum atomic E-state index is 13.0. The van der Waals surface area contributed by atoms with Crippen LogP contribution in [-0.4, -0.2) is 16.1 Å². The fraction of sp³-hybridized carbons (Fsp3) is 0.100. The van der Waals surface area contributed by atoms with Gasteiger partial charge in [-0.1, -0.05) is 11.3 Å². The maximum absolute atomic E-state index is 13.0. The number of amides is 1. The van der Waals surface area contributed by atoms with Crippen molar-refractivity contribution in [3.63, 3.8) is 0 Å². The Morgan fingerprint density at radius 2 is 2.24 bits per heavy atom. The molecule has 2 rings (SSSR count). The summed E-state index contributed by atoms with van der Waals surface area (Å²) in [6, 6.07) is 4.12. The Balaban J connectivity index is 2.17. The molecule has 0 atom stereocenters. The molecule has 7 heteroatoms. The Bertz CT molecular complexity index is 569. The topological polar surface area (TPSA) is 80.9 Å². The van der Waals surface area contributed by atoms with E-state index in [4.69, 9.17) is 5.73 Å². The van der Waals surface area contributed by atoms with Gasteiger partial charge < -0.3 is 5.73 Å². The van der Waals surface area contributed by atoms with E-state index in [-0.39, 0.29) is 16.9 Å². The number of hydrogen-bond acceptors (Lipinski definition) is 5. The molecular weight excluding hydrogens is 243 g/mol. The quantitative estimate of drug-likeness (QED) is 0.854. The second-order valence-electron chi connectivity index (χ2n) is 3.36. The molecule has 1 heterocycles. The Hall–Kier alpha value is -2.02. The fourth-order valence-corrected chi connectivity index (χ4v) is 1.75. The first-order valence-electron chi connectivity index (χ1n) is 4.73. The van der Waals surface area contributed by atoms with Crippen LogP contribution in [0, 0.1) is 12.7 Å². The Morgan fingerprint density at radius 3 is 2.82 bits per heavy atom. The van der Waals surface area contributed by atoms with Gasteiger partial charge in [-0.25, -0.2) is 4.39 Å². The third-order valence-electron chi connectivity index (χ3n) is 2.08. The van der Waals surface area contributed by atoms with Crippen LogP contribution in [0.5, 0.6) is 0 Å². The monoisotopic (exact) mass is 252 g/mol. The van der Waals surface area contributed by atoms with E-state index >= 15 is 0 Å². The van der Waals surface area contributed by atoms with E-state index in [9.17, 15) is 9.18 Å². The van der Waals surface area contributed by atoms with E-state index in [1.165, 1.54) is 18.2 Å². The van der Waals surface area contributed by atoms with Gasteiger partial charge in [0.25, 0.3) is 5.91 Å². The first kappa shape index (κ1) is 11.5. The van der Waals surface area contributed by atoms with Crippen LogP contribution >= 0.6 is 11.3 Å². The lowest BCUT2D eigenvalue weighted by atomic mass is 10.1. The van der Waals surface area contributed by atoms with Crippen molar-refractivity contribution >= 4 is 27.5 Å². The van der Waals surface area contributed by atoms with E-state index in [2.05, 4.69) is 15.5 Å². The standard InChI is InChI=1S/C10H9FN4OS/c1-5-4-6(2-3-7(5)11)8(16)13-10-15-14-9(12)17-10/h2-4H,1H3,(H2,12,14)(H,13,15,16). The van der Waals surface area contributed by atoms with Crippen LogP contribution in [0.25, 0.3) is 0 Å². The summed E-state index contributed by atoms with van der Waals surface area (Å²) in [4.78, 5) is 11.8. The number of anilines is 2. The molecule has 0 aliphatic carbocycles. The lowest BCUT2D eigenvalue weighted by molar-refractivity contribution is 0.102. The molecule has 3 N–H and O–H groups in total. The molecule has 17 heavy (non-hydrogen) atoms. The fourth-order valence-electron chi connectivity index (χ4n) is 1.24. The van der Waals surface area contributed by atoms with E-state index < -0.39 is 0 Å². The summed E-state index contributed by atoms with van der Waals surface area (Å²) < 4.78 is 13.0. The first-order valence-corrected chi connectivity index (χ1v) is 5.54. The van der Waals surface area contributed by atoms with Gasteiger partial charge in [-0.2, -0.15) is 0 Å². The van der Waals surface area contributed by atoms with Crippen LogP contribution in [0.15, 0.2) is 18.2 Å². The third kappa shape index (κ3) is 2.56. The van der Waals surface area contributed by atoms with E-state index in [1.54, 1.807) is 6.92 Å². The summed E-state index contributed by atoms with van der Waals surface area (Å²) >= 11 is 1.07. The SMILES string of the molecule is Cc1cc(C(=O)Nc2nnc(N)s2)ccc1F. The van der Waals surface area contributed by atoms with Gasteiger partial charge in [0, 0.05) is 5.56 Å². The number of halogens is 1. The minimum absolute atomic E-state index is 0.274. The van der Waals surface area contributed by atoms with E-state index in [0.717, 1.165) is 11.3 Å². The highest BCUT2D eigenvalue weighted by Gasteiger charge is 2.10. The molecule has 0 unspecified atom stereocenters. The molecular formula is C10H9FN4OS. The molecule has 0 spiro atoms. The zero-order chi connectivity index (χ0) is 12.4. The zero-order valence-electron chi connectivity index (χ0n) is 8.90. The average Bonchev–Trinajstić information content (AvgIpc) is 2.68. The van der Waals surface area contributed by atoms with Crippen molar-refractivity contribution in [1.82, 2.24) is 10.2 Å². The summed E-state index contributed by atoms with van der Waals surface area (Å²) in [5.74, 6) is -0.717. The first-order chi connectivity index (χ1) is 8.06. The molecule has 0 aliphatic heterocycles. The van der Waals surface area contributed by atoms with Crippen LogP contribution < -0.4 is 11.1 Å². The van der Waals surface area contributed by atoms with Gasteiger partial charge in [-0.05, 0) is 30.7 Å². The van der Waals surface area contributed by atoms with Crippen molar-refractivity contribution in [2.45, 2.75) is 6.92 Å².